The van der Waals surface area contributed by atoms with E-state index in [9.17, 15) is 14.7 Å². The second-order valence-electron chi connectivity index (χ2n) is 8.66. The fraction of sp³-hybridized carbons (Fsp3) is 0.400. The molecular weight excluding hydrogens is 408 g/mol. The van der Waals surface area contributed by atoms with Crippen LogP contribution in [0.2, 0.25) is 0 Å². The maximum atomic E-state index is 12.9. The van der Waals surface area contributed by atoms with Crippen molar-refractivity contribution in [2.75, 3.05) is 0 Å². The molecule has 7 nitrogen and oxygen atoms in total. The number of hydrogen-bond donors (Lipinski definition) is 2. The fourth-order valence-electron chi connectivity index (χ4n) is 4.81. The Morgan fingerprint density at radius 1 is 1.03 bits per heavy atom. The van der Waals surface area contributed by atoms with E-state index in [4.69, 9.17) is 9.47 Å². The van der Waals surface area contributed by atoms with Crippen molar-refractivity contribution in [3.63, 3.8) is 0 Å². The number of benzene rings is 2. The Bertz CT molecular complexity index is 1050. The first kappa shape index (κ1) is 20.7. The molecule has 2 N–H and O–H groups in total. The van der Waals surface area contributed by atoms with Crippen molar-refractivity contribution < 1.29 is 29.2 Å². The van der Waals surface area contributed by atoms with Crippen molar-refractivity contribution in [1.82, 2.24) is 4.90 Å². The van der Waals surface area contributed by atoms with E-state index in [2.05, 4.69) is 17.1 Å². The average molecular weight is 436 g/mol. The van der Waals surface area contributed by atoms with Crippen LogP contribution in [0.25, 0.3) is 0 Å². The molecule has 0 saturated heterocycles. The second-order valence-corrected chi connectivity index (χ2v) is 8.66. The van der Waals surface area contributed by atoms with Gasteiger partial charge < -0.3 is 19.5 Å². The van der Waals surface area contributed by atoms with Gasteiger partial charge in [-0.25, -0.2) is 4.79 Å². The minimum atomic E-state index is -0.498. The monoisotopic (exact) mass is 435 g/mol. The summed E-state index contributed by atoms with van der Waals surface area (Å²) in [6, 6.07) is 15.2. The third kappa shape index (κ3) is 4.12. The average Bonchev–Trinajstić information content (AvgIpc) is 3.37. The number of hydrogen-bond acceptors (Lipinski definition) is 4. The number of fused-ring (bicyclic) bond motifs is 1. The zero-order chi connectivity index (χ0) is 22.1. The smallest absolute Gasteiger partial charge is 0.388 e. The summed E-state index contributed by atoms with van der Waals surface area (Å²) in [5.74, 6) is 0.218. The van der Waals surface area contributed by atoms with E-state index >= 15 is 0 Å². The van der Waals surface area contributed by atoms with E-state index < -0.39 is 6.04 Å². The lowest BCUT2D eigenvalue weighted by atomic mass is 10.1. The van der Waals surface area contributed by atoms with Crippen LogP contribution in [0.4, 0.5) is 0 Å². The molecule has 32 heavy (non-hydrogen) atoms. The van der Waals surface area contributed by atoms with E-state index in [1.54, 1.807) is 11.0 Å². The summed E-state index contributed by atoms with van der Waals surface area (Å²) in [6.45, 7) is 0.950. The van der Waals surface area contributed by atoms with Crippen LogP contribution in [-0.2, 0) is 22.7 Å². The molecule has 5 rings (SSSR count). The molecule has 2 aromatic rings. The van der Waals surface area contributed by atoms with Crippen LogP contribution < -0.4 is 9.73 Å². The molecule has 166 valence electrons. The van der Waals surface area contributed by atoms with Gasteiger partial charge in [0, 0.05) is 12.1 Å². The molecule has 1 fully saturated rings. The van der Waals surface area contributed by atoms with Crippen LogP contribution >= 0.6 is 0 Å². The number of aliphatic hydroxyl groups excluding tert-OH is 1. The number of carbonyl (C=O) groups excluding carboxylic acids is 2. The van der Waals surface area contributed by atoms with Gasteiger partial charge in [-0.1, -0.05) is 30.3 Å². The SMILES string of the molecule is O=C1CCC(N2Cc3cc(O[C@H]4CCC[C@H]4OCc4ccccc4)ccc3C2=O)C(O)=[NH+]1. The summed E-state index contributed by atoms with van der Waals surface area (Å²) in [4.78, 5) is 28.4. The first-order chi connectivity index (χ1) is 15.6. The standard InChI is InChI=1S/C25H26N2O5/c28-23-12-11-20(24(29)26-23)27-14-17-13-18(9-10-19(17)25(27)30)32-22-8-4-7-21(22)31-15-16-5-2-1-3-6-16/h1-3,5-6,9-10,13,20-22H,4,7-8,11-12,14-15H2,(H,26,28,29)/p+1/t20?,21-,22+/m1/s1. The predicted octanol–water partition coefficient (Wildman–Crippen LogP) is 1.89. The Morgan fingerprint density at radius 2 is 1.84 bits per heavy atom. The van der Waals surface area contributed by atoms with Gasteiger partial charge in [-0.05, 0) is 55.0 Å². The van der Waals surface area contributed by atoms with Crippen LogP contribution in [0.1, 0.15) is 53.6 Å². The van der Waals surface area contributed by atoms with Crippen LogP contribution in [0, 0.1) is 0 Å². The van der Waals surface area contributed by atoms with Gasteiger partial charge in [-0.15, -0.1) is 4.99 Å². The quantitative estimate of drug-likeness (QED) is 0.723. The summed E-state index contributed by atoms with van der Waals surface area (Å²) < 4.78 is 12.4. The van der Waals surface area contributed by atoms with Crippen LogP contribution in [0.15, 0.2) is 48.5 Å². The lowest BCUT2D eigenvalue weighted by Gasteiger charge is -2.24. The van der Waals surface area contributed by atoms with Gasteiger partial charge in [0.05, 0.1) is 19.1 Å². The van der Waals surface area contributed by atoms with Crippen molar-refractivity contribution in [3.05, 3.63) is 65.2 Å². The Balaban J connectivity index is 1.25. The van der Waals surface area contributed by atoms with Gasteiger partial charge in [0.25, 0.3) is 5.91 Å². The summed E-state index contributed by atoms with van der Waals surface area (Å²) in [7, 11) is 0. The highest BCUT2D eigenvalue weighted by Gasteiger charge is 2.41. The highest BCUT2D eigenvalue weighted by molar-refractivity contribution is 6.01. The largest absolute Gasteiger partial charge is 0.488 e. The van der Waals surface area contributed by atoms with Gasteiger partial charge in [0.2, 0.25) is 0 Å². The molecule has 2 aliphatic heterocycles. The molecule has 1 unspecified atom stereocenters. The number of amides is 2. The molecule has 1 saturated carbocycles. The van der Waals surface area contributed by atoms with Crippen LogP contribution in [0.3, 0.4) is 0 Å². The first-order valence-corrected chi connectivity index (χ1v) is 11.2. The molecule has 1 aliphatic carbocycles. The Kier molecular flexibility index (Phi) is 5.66. The lowest BCUT2D eigenvalue weighted by molar-refractivity contribution is -0.394. The highest BCUT2D eigenvalue weighted by Crippen LogP contribution is 2.32. The summed E-state index contributed by atoms with van der Waals surface area (Å²) in [5, 5.41) is 10.2. The molecule has 2 aromatic carbocycles. The predicted molar refractivity (Wildman–Crippen MR) is 116 cm³/mol. The van der Waals surface area contributed by atoms with Crippen LogP contribution in [0.5, 0.6) is 5.75 Å². The molecule has 3 aliphatic rings. The summed E-state index contributed by atoms with van der Waals surface area (Å²) in [6.07, 6.45) is 3.70. The molecule has 0 spiro atoms. The van der Waals surface area contributed by atoms with Crippen molar-refractivity contribution in [1.29, 1.82) is 0 Å². The topological polar surface area (TPSA) is 90.0 Å². The molecule has 0 bridgehead atoms. The Labute approximate surface area is 186 Å². The second kappa shape index (κ2) is 8.74. The first-order valence-electron chi connectivity index (χ1n) is 11.2. The van der Waals surface area contributed by atoms with Crippen molar-refractivity contribution in [2.45, 2.75) is 63.5 Å². The van der Waals surface area contributed by atoms with Crippen LogP contribution in [-0.4, -0.2) is 46.0 Å². The van der Waals surface area contributed by atoms with Crippen molar-refractivity contribution >= 4 is 17.7 Å². The summed E-state index contributed by atoms with van der Waals surface area (Å²) in [5.41, 5.74) is 2.63. The highest BCUT2D eigenvalue weighted by atomic mass is 16.5. The van der Waals surface area contributed by atoms with E-state index in [1.807, 2.05) is 30.3 Å². The number of carbonyl (C=O) groups is 2. The normalized spacial score (nSPS) is 25.1. The van der Waals surface area contributed by atoms with Gasteiger partial charge in [-0.2, -0.15) is 0 Å². The van der Waals surface area contributed by atoms with E-state index in [-0.39, 0.29) is 36.3 Å². The Morgan fingerprint density at radius 3 is 2.66 bits per heavy atom. The Hall–Kier alpha value is -3.19. The zero-order valence-corrected chi connectivity index (χ0v) is 17.8. The van der Waals surface area contributed by atoms with E-state index in [1.165, 1.54) is 0 Å². The van der Waals surface area contributed by atoms with Gasteiger partial charge in [0.15, 0.2) is 6.04 Å². The molecule has 2 heterocycles. The molecule has 7 heteroatoms. The lowest BCUT2D eigenvalue weighted by Crippen LogP contribution is -2.82. The van der Waals surface area contributed by atoms with Gasteiger partial charge in [0.1, 0.15) is 11.9 Å². The molecule has 0 aromatic heterocycles. The molecule has 3 atom stereocenters. The minimum Gasteiger partial charge on any atom is -0.488 e. The fourth-order valence-corrected chi connectivity index (χ4v) is 4.81. The third-order valence-corrected chi connectivity index (χ3v) is 6.50. The number of nitrogens with one attached hydrogen (secondary N) is 1. The molecular formula is C25H27N2O5+. The number of aliphatic hydroxyl groups is 1. The van der Waals surface area contributed by atoms with Gasteiger partial charge >= 0.3 is 11.8 Å². The number of ether oxygens (including phenoxy) is 2. The zero-order valence-electron chi connectivity index (χ0n) is 17.8. The summed E-state index contributed by atoms with van der Waals surface area (Å²) >= 11 is 0. The van der Waals surface area contributed by atoms with Gasteiger partial charge in [-0.3, -0.25) is 4.79 Å². The maximum Gasteiger partial charge on any atom is 0.388 e. The third-order valence-electron chi connectivity index (χ3n) is 6.50. The van der Waals surface area contributed by atoms with Crippen molar-refractivity contribution in [3.8, 4) is 5.75 Å². The van der Waals surface area contributed by atoms with E-state index in [0.29, 0.717) is 25.1 Å². The molecule has 2 amide bonds. The maximum absolute atomic E-state index is 12.9. The minimum absolute atomic E-state index is 0.0177. The van der Waals surface area contributed by atoms with Crippen molar-refractivity contribution in [2.24, 2.45) is 0 Å². The number of nitrogens with zero attached hydrogens (tertiary/aromatic N) is 1. The number of rotatable bonds is 6. The van der Waals surface area contributed by atoms with E-state index in [0.717, 1.165) is 36.1 Å². The molecule has 0 radical (unpaired) electrons.